The minimum atomic E-state index is -1.31. The summed E-state index contributed by atoms with van der Waals surface area (Å²) in [7, 11) is 0. The van der Waals surface area contributed by atoms with E-state index in [1.54, 1.807) is 13.8 Å². The molecule has 1 aliphatic heterocycles. The zero-order valence-electron chi connectivity index (χ0n) is 14.6. The highest BCUT2D eigenvalue weighted by Gasteiger charge is 2.39. The van der Waals surface area contributed by atoms with Gasteiger partial charge >= 0.3 is 0 Å². The van der Waals surface area contributed by atoms with Crippen LogP contribution < -0.4 is 0 Å². The zero-order valence-corrected chi connectivity index (χ0v) is 15.4. The number of fused-ring (bicyclic) bond motifs is 3. The van der Waals surface area contributed by atoms with Crippen LogP contribution in [0.4, 0.5) is 4.39 Å². The van der Waals surface area contributed by atoms with E-state index in [0.717, 1.165) is 22.6 Å². The van der Waals surface area contributed by atoms with Crippen molar-refractivity contribution < 1.29 is 9.50 Å². The molecule has 132 valence electrons. The smallest absolute Gasteiger partial charge is 0.191 e. The van der Waals surface area contributed by atoms with Gasteiger partial charge in [-0.3, -0.25) is 4.90 Å². The Morgan fingerprint density at radius 3 is 2.84 bits per heavy atom. The van der Waals surface area contributed by atoms with E-state index in [1.807, 2.05) is 12.1 Å². The van der Waals surface area contributed by atoms with Crippen molar-refractivity contribution in [1.29, 1.82) is 0 Å². The van der Waals surface area contributed by atoms with Gasteiger partial charge in [-0.1, -0.05) is 29.5 Å². The summed E-state index contributed by atoms with van der Waals surface area (Å²) in [5, 5.41) is 12.0. The van der Waals surface area contributed by atoms with Crippen LogP contribution in [0.25, 0.3) is 10.9 Å². The summed E-state index contributed by atoms with van der Waals surface area (Å²) in [5.74, 6) is 0. The molecular weight excluding hydrogens is 337 g/mol. The predicted octanol–water partition coefficient (Wildman–Crippen LogP) is 4.41. The number of alkyl halides is 1. The Morgan fingerprint density at radius 1 is 1.40 bits per heavy atom. The molecule has 0 radical (unpaired) electrons. The van der Waals surface area contributed by atoms with Crippen LogP contribution >= 0.6 is 11.3 Å². The van der Waals surface area contributed by atoms with Crippen LogP contribution in [0, 0.1) is 0 Å². The van der Waals surface area contributed by atoms with Gasteiger partial charge in [0, 0.05) is 29.2 Å². The third kappa shape index (κ3) is 2.93. The lowest BCUT2D eigenvalue weighted by Crippen LogP contribution is -2.47. The molecule has 4 rings (SSSR count). The standard InChI is InChI=1S/C19H22FN3OS/c1-11-8-13-12-6-4-5-7-14(12)22-16(13)17(18-21-9-15(24)25-18)23(11)10-19(2,3)20/h4-7,9,11,17,22,24H,8,10H2,1-3H3/t11-,17+/m1/s1. The van der Waals surface area contributed by atoms with Gasteiger partial charge in [-0.2, -0.15) is 0 Å². The fourth-order valence-electron chi connectivity index (χ4n) is 3.86. The number of aromatic amines is 1. The average Bonchev–Trinajstić information content (AvgIpc) is 3.10. The molecule has 1 aliphatic rings. The number of halogens is 1. The Kier molecular flexibility index (Phi) is 3.85. The molecule has 4 nitrogen and oxygen atoms in total. The molecule has 2 aromatic heterocycles. The normalized spacial score (nSPS) is 21.6. The highest BCUT2D eigenvalue weighted by atomic mass is 32.1. The van der Waals surface area contributed by atoms with Gasteiger partial charge in [0.2, 0.25) is 0 Å². The molecule has 2 atom stereocenters. The summed E-state index contributed by atoms with van der Waals surface area (Å²) in [6, 6.07) is 8.26. The number of aromatic nitrogens is 2. The van der Waals surface area contributed by atoms with Gasteiger partial charge in [0.25, 0.3) is 0 Å². The second kappa shape index (κ2) is 5.81. The maximum atomic E-state index is 14.5. The molecule has 0 saturated carbocycles. The number of para-hydroxylation sites is 1. The molecule has 1 aromatic carbocycles. The third-order valence-electron chi connectivity index (χ3n) is 4.82. The number of rotatable bonds is 3. The fraction of sp³-hybridized carbons (Fsp3) is 0.421. The molecule has 6 heteroatoms. The van der Waals surface area contributed by atoms with Crippen molar-refractivity contribution in [2.24, 2.45) is 0 Å². The maximum Gasteiger partial charge on any atom is 0.191 e. The van der Waals surface area contributed by atoms with Crippen molar-refractivity contribution in [3.05, 3.63) is 46.7 Å². The van der Waals surface area contributed by atoms with Crippen LogP contribution in [0.1, 0.15) is 43.1 Å². The minimum absolute atomic E-state index is 0.174. The van der Waals surface area contributed by atoms with Crippen LogP contribution in [0.5, 0.6) is 5.06 Å². The number of aromatic hydroxyl groups is 1. The Labute approximate surface area is 150 Å². The number of H-pyrrole nitrogens is 1. The first-order valence-corrected chi connectivity index (χ1v) is 9.34. The molecule has 0 fully saturated rings. The van der Waals surface area contributed by atoms with E-state index in [2.05, 4.69) is 33.9 Å². The molecule has 3 heterocycles. The quantitative estimate of drug-likeness (QED) is 0.728. The summed E-state index contributed by atoms with van der Waals surface area (Å²) in [6.45, 7) is 5.67. The van der Waals surface area contributed by atoms with Gasteiger partial charge in [-0.25, -0.2) is 9.37 Å². The molecule has 25 heavy (non-hydrogen) atoms. The topological polar surface area (TPSA) is 52.1 Å². The Hall–Kier alpha value is -1.92. The van der Waals surface area contributed by atoms with Crippen LogP contribution in [0.2, 0.25) is 0 Å². The lowest BCUT2D eigenvalue weighted by molar-refractivity contribution is 0.0667. The fourth-order valence-corrected chi connectivity index (χ4v) is 4.65. The SMILES string of the molecule is C[C@@H]1Cc2c([nH]c3ccccc23)[C@@H](c2ncc(O)s2)N1CC(C)(C)F. The monoisotopic (exact) mass is 359 g/mol. The Balaban J connectivity index is 1.90. The molecule has 2 N–H and O–H groups in total. The first kappa shape index (κ1) is 16.5. The lowest BCUT2D eigenvalue weighted by atomic mass is 9.91. The number of nitrogens with zero attached hydrogens (tertiary/aromatic N) is 2. The van der Waals surface area contributed by atoms with Crippen molar-refractivity contribution in [2.45, 2.75) is 44.9 Å². The lowest BCUT2D eigenvalue weighted by Gasteiger charge is -2.41. The molecule has 0 amide bonds. The van der Waals surface area contributed by atoms with Gasteiger partial charge < -0.3 is 10.1 Å². The van der Waals surface area contributed by atoms with E-state index in [9.17, 15) is 9.50 Å². The van der Waals surface area contributed by atoms with Crippen LogP contribution in [-0.4, -0.2) is 38.2 Å². The van der Waals surface area contributed by atoms with Crippen LogP contribution in [0.15, 0.2) is 30.5 Å². The molecule has 0 saturated heterocycles. The minimum Gasteiger partial charge on any atom is -0.498 e. The number of thiazole rings is 1. The van der Waals surface area contributed by atoms with E-state index in [-0.39, 0.29) is 17.1 Å². The summed E-state index contributed by atoms with van der Waals surface area (Å²) in [4.78, 5) is 10.1. The highest BCUT2D eigenvalue weighted by Crippen LogP contribution is 2.43. The second-order valence-electron chi connectivity index (χ2n) is 7.45. The Bertz CT molecular complexity index is 911. The molecule has 0 bridgehead atoms. The average molecular weight is 359 g/mol. The molecule has 0 aliphatic carbocycles. The van der Waals surface area contributed by atoms with E-state index < -0.39 is 5.67 Å². The third-order valence-corrected chi connectivity index (χ3v) is 5.67. The number of hydrogen-bond acceptors (Lipinski definition) is 4. The van der Waals surface area contributed by atoms with E-state index in [0.29, 0.717) is 6.54 Å². The van der Waals surface area contributed by atoms with Crippen molar-refractivity contribution in [1.82, 2.24) is 14.9 Å². The first-order chi connectivity index (χ1) is 11.8. The van der Waals surface area contributed by atoms with Crippen molar-refractivity contribution >= 4 is 22.2 Å². The van der Waals surface area contributed by atoms with Gasteiger partial charge in [-0.15, -0.1) is 0 Å². The van der Waals surface area contributed by atoms with E-state index in [1.165, 1.54) is 28.5 Å². The zero-order chi connectivity index (χ0) is 17.8. The van der Waals surface area contributed by atoms with Gasteiger partial charge in [0.05, 0.1) is 6.20 Å². The van der Waals surface area contributed by atoms with Gasteiger partial charge in [0.1, 0.15) is 16.7 Å². The molecular formula is C19H22FN3OS. The summed E-state index contributed by atoms with van der Waals surface area (Å²) in [5.41, 5.74) is 2.12. The van der Waals surface area contributed by atoms with Gasteiger partial charge in [-0.05, 0) is 38.8 Å². The predicted molar refractivity (Wildman–Crippen MR) is 99.0 cm³/mol. The first-order valence-electron chi connectivity index (χ1n) is 8.52. The Morgan fingerprint density at radius 2 is 2.16 bits per heavy atom. The molecule has 0 spiro atoms. The van der Waals surface area contributed by atoms with Gasteiger partial charge in [0.15, 0.2) is 5.06 Å². The number of benzene rings is 1. The van der Waals surface area contributed by atoms with Crippen LogP contribution in [-0.2, 0) is 6.42 Å². The summed E-state index contributed by atoms with van der Waals surface area (Å²) < 4.78 is 14.5. The summed E-state index contributed by atoms with van der Waals surface area (Å²) in [6.07, 6.45) is 2.34. The molecule has 3 aromatic rings. The van der Waals surface area contributed by atoms with E-state index >= 15 is 0 Å². The summed E-state index contributed by atoms with van der Waals surface area (Å²) >= 11 is 1.26. The van der Waals surface area contributed by atoms with Crippen LogP contribution in [0.3, 0.4) is 0 Å². The van der Waals surface area contributed by atoms with Crippen molar-refractivity contribution in [3.63, 3.8) is 0 Å². The largest absolute Gasteiger partial charge is 0.498 e. The second-order valence-corrected chi connectivity index (χ2v) is 8.49. The number of hydrogen-bond donors (Lipinski definition) is 2. The molecule has 0 unspecified atom stereocenters. The maximum absolute atomic E-state index is 14.5. The number of nitrogens with one attached hydrogen (secondary N) is 1. The van der Waals surface area contributed by atoms with Crippen molar-refractivity contribution in [3.8, 4) is 5.06 Å². The highest BCUT2D eigenvalue weighted by molar-refractivity contribution is 7.13. The van der Waals surface area contributed by atoms with Crippen molar-refractivity contribution in [2.75, 3.05) is 6.54 Å². The van der Waals surface area contributed by atoms with E-state index in [4.69, 9.17) is 0 Å².